The van der Waals surface area contributed by atoms with Gasteiger partial charge in [0.05, 0.1) is 5.92 Å². The molecule has 0 aliphatic rings. The Morgan fingerprint density at radius 3 is 2.81 bits per heavy atom. The Kier molecular flexibility index (Phi) is 3.81. The van der Waals surface area contributed by atoms with Crippen molar-refractivity contribution in [2.45, 2.75) is 13.3 Å². The van der Waals surface area contributed by atoms with E-state index in [1.165, 1.54) is 6.92 Å². The normalized spacial score (nSPS) is 12.1. The molecule has 0 aromatic carbocycles. The lowest BCUT2D eigenvalue weighted by Crippen LogP contribution is -2.27. The molecular weight excluding hydrogens is 218 g/mol. The van der Waals surface area contributed by atoms with E-state index in [2.05, 4.69) is 14.8 Å². The zero-order valence-corrected chi connectivity index (χ0v) is 8.52. The summed E-state index contributed by atoms with van der Waals surface area (Å²) in [4.78, 5) is 32.2. The lowest BCUT2D eigenvalue weighted by molar-refractivity contribution is -0.141. The Hall–Kier alpha value is -2.12. The number of H-pyrrole nitrogens is 1. The zero-order chi connectivity index (χ0) is 12.1. The van der Waals surface area contributed by atoms with Gasteiger partial charge in [0.2, 0.25) is 0 Å². The van der Waals surface area contributed by atoms with Crippen LogP contribution in [-0.2, 0) is 4.79 Å². The van der Waals surface area contributed by atoms with Crippen molar-refractivity contribution in [1.29, 1.82) is 0 Å². The van der Waals surface area contributed by atoms with Crippen molar-refractivity contribution >= 4 is 11.9 Å². The van der Waals surface area contributed by atoms with E-state index in [0.29, 0.717) is 0 Å². The van der Waals surface area contributed by atoms with Gasteiger partial charge in [-0.1, -0.05) is 6.92 Å². The SMILES string of the molecule is C[C@H](CCNC(=O)c1n[nH]c(=O)o1)C(=O)O. The monoisotopic (exact) mass is 229 g/mol. The Balaban J connectivity index is 2.36. The third-order valence-electron chi connectivity index (χ3n) is 1.92. The van der Waals surface area contributed by atoms with Crippen LogP contribution < -0.4 is 11.1 Å². The molecule has 0 fully saturated rings. The van der Waals surface area contributed by atoms with Gasteiger partial charge in [-0.2, -0.15) is 0 Å². The van der Waals surface area contributed by atoms with Crippen molar-refractivity contribution in [2.75, 3.05) is 6.54 Å². The number of hydrogen-bond donors (Lipinski definition) is 3. The molecule has 8 nitrogen and oxygen atoms in total. The minimum Gasteiger partial charge on any atom is -0.481 e. The highest BCUT2D eigenvalue weighted by Gasteiger charge is 2.14. The van der Waals surface area contributed by atoms with Crippen molar-refractivity contribution in [1.82, 2.24) is 15.5 Å². The first-order valence-electron chi connectivity index (χ1n) is 4.57. The number of carboxylic acid groups (broad SMARTS) is 1. The molecule has 0 spiro atoms. The molecule has 88 valence electrons. The van der Waals surface area contributed by atoms with Gasteiger partial charge in [-0.15, -0.1) is 5.10 Å². The van der Waals surface area contributed by atoms with E-state index >= 15 is 0 Å². The van der Waals surface area contributed by atoms with E-state index in [0.717, 1.165) is 0 Å². The van der Waals surface area contributed by atoms with Gasteiger partial charge in [0.25, 0.3) is 0 Å². The fourth-order valence-corrected chi connectivity index (χ4v) is 0.928. The van der Waals surface area contributed by atoms with Crippen LogP contribution in [0, 0.1) is 5.92 Å². The molecule has 0 bridgehead atoms. The second-order valence-corrected chi connectivity index (χ2v) is 3.20. The van der Waals surface area contributed by atoms with Gasteiger partial charge in [0, 0.05) is 6.54 Å². The molecule has 3 N–H and O–H groups in total. The molecule has 1 rings (SSSR count). The molecular formula is C8H11N3O5. The zero-order valence-electron chi connectivity index (χ0n) is 8.52. The van der Waals surface area contributed by atoms with Crippen molar-refractivity contribution < 1.29 is 19.1 Å². The van der Waals surface area contributed by atoms with E-state index in [-0.39, 0.29) is 18.9 Å². The molecule has 1 amide bonds. The number of carboxylic acids is 1. The maximum absolute atomic E-state index is 11.2. The molecule has 0 radical (unpaired) electrons. The molecule has 1 aromatic rings. The minimum absolute atomic E-state index is 0.170. The highest BCUT2D eigenvalue weighted by molar-refractivity contribution is 5.89. The van der Waals surface area contributed by atoms with E-state index in [1.807, 2.05) is 5.10 Å². The first kappa shape index (κ1) is 12.0. The Morgan fingerprint density at radius 2 is 2.31 bits per heavy atom. The maximum Gasteiger partial charge on any atom is 0.434 e. The van der Waals surface area contributed by atoms with Gasteiger partial charge < -0.3 is 14.8 Å². The van der Waals surface area contributed by atoms with Crippen LogP contribution in [0.15, 0.2) is 9.21 Å². The summed E-state index contributed by atoms with van der Waals surface area (Å²) in [5.41, 5.74) is 0. The second-order valence-electron chi connectivity index (χ2n) is 3.20. The maximum atomic E-state index is 11.2. The third-order valence-corrected chi connectivity index (χ3v) is 1.92. The van der Waals surface area contributed by atoms with Crippen LogP contribution >= 0.6 is 0 Å². The van der Waals surface area contributed by atoms with Crippen LogP contribution in [0.25, 0.3) is 0 Å². The van der Waals surface area contributed by atoms with Crippen molar-refractivity contribution in [3.63, 3.8) is 0 Å². The lowest BCUT2D eigenvalue weighted by Gasteiger charge is -2.05. The molecule has 1 aromatic heterocycles. The molecule has 1 atom stereocenters. The number of nitrogens with one attached hydrogen (secondary N) is 2. The standard InChI is InChI=1S/C8H11N3O5/c1-4(7(13)14)2-3-9-5(12)6-10-11-8(15)16-6/h4H,2-3H2,1H3,(H,9,12)(H,11,15)(H,13,14)/t4-/m1/s1. The topological polar surface area (TPSA) is 125 Å². The van der Waals surface area contributed by atoms with E-state index in [9.17, 15) is 14.4 Å². The lowest BCUT2D eigenvalue weighted by atomic mass is 10.1. The first-order chi connectivity index (χ1) is 7.50. The van der Waals surface area contributed by atoms with Crippen LogP contribution in [-0.4, -0.2) is 33.7 Å². The molecule has 0 saturated heterocycles. The highest BCUT2D eigenvalue weighted by atomic mass is 16.4. The van der Waals surface area contributed by atoms with E-state index in [4.69, 9.17) is 5.11 Å². The van der Waals surface area contributed by atoms with E-state index in [1.54, 1.807) is 0 Å². The molecule has 0 unspecified atom stereocenters. The van der Waals surface area contributed by atoms with Gasteiger partial charge in [-0.05, 0) is 6.42 Å². The molecule has 1 heterocycles. The predicted molar refractivity (Wildman–Crippen MR) is 50.9 cm³/mol. The largest absolute Gasteiger partial charge is 0.481 e. The van der Waals surface area contributed by atoms with Crippen molar-refractivity contribution in [2.24, 2.45) is 5.92 Å². The quantitative estimate of drug-likeness (QED) is 0.607. The van der Waals surface area contributed by atoms with Gasteiger partial charge in [0.15, 0.2) is 0 Å². The number of hydrogen-bond acceptors (Lipinski definition) is 5. The average molecular weight is 229 g/mol. The van der Waals surface area contributed by atoms with Crippen LogP contribution in [0.1, 0.15) is 24.0 Å². The molecule has 16 heavy (non-hydrogen) atoms. The van der Waals surface area contributed by atoms with Crippen LogP contribution in [0.2, 0.25) is 0 Å². The highest BCUT2D eigenvalue weighted by Crippen LogP contribution is 1.99. The Morgan fingerprint density at radius 1 is 1.62 bits per heavy atom. The summed E-state index contributed by atoms with van der Waals surface area (Å²) in [6, 6.07) is 0. The number of aliphatic carboxylic acids is 1. The number of carbonyl (C=O) groups excluding carboxylic acids is 1. The number of aromatic amines is 1. The fraction of sp³-hybridized carbons (Fsp3) is 0.500. The third kappa shape index (κ3) is 3.23. The van der Waals surface area contributed by atoms with Gasteiger partial charge in [-0.3, -0.25) is 9.59 Å². The summed E-state index contributed by atoms with van der Waals surface area (Å²) < 4.78 is 4.40. The number of amides is 1. The molecule has 0 saturated carbocycles. The van der Waals surface area contributed by atoms with E-state index < -0.39 is 23.6 Å². The van der Waals surface area contributed by atoms with Crippen molar-refractivity contribution in [3.05, 3.63) is 16.4 Å². The Labute approximate surface area is 89.7 Å². The number of rotatable bonds is 5. The fourth-order valence-electron chi connectivity index (χ4n) is 0.928. The number of aromatic nitrogens is 2. The van der Waals surface area contributed by atoms with Gasteiger partial charge >= 0.3 is 23.5 Å². The average Bonchev–Trinajstić information content (AvgIpc) is 2.64. The molecule has 8 heteroatoms. The van der Waals surface area contributed by atoms with Crippen LogP contribution in [0.4, 0.5) is 0 Å². The summed E-state index contributed by atoms with van der Waals surface area (Å²) in [5, 5.41) is 16.2. The summed E-state index contributed by atoms with van der Waals surface area (Å²) in [6.45, 7) is 1.70. The van der Waals surface area contributed by atoms with Crippen LogP contribution in [0.3, 0.4) is 0 Å². The van der Waals surface area contributed by atoms with Crippen molar-refractivity contribution in [3.8, 4) is 0 Å². The first-order valence-corrected chi connectivity index (χ1v) is 4.57. The summed E-state index contributed by atoms with van der Waals surface area (Å²) >= 11 is 0. The van der Waals surface area contributed by atoms with Gasteiger partial charge in [-0.25, -0.2) is 9.89 Å². The number of nitrogens with zero attached hydrogens (tertiary/aromatic N) is 1. The summed E-state index contributed by atoms with van der Waals surface area (Å²) in [7, 11) is 0. The predicted octanol–water partition coefficient (Wildman–Crippen LogP) is -0.796. The Bertz CT molecular complexity index is 435. The second kappa shape index (κ2) is 5.10. The smallest absolute Gasteiger partial charge is 0.434 e. The number of carbonyl (C=O) groups is 2. The summed E-state index contributed by atoms with van der Waals surface area (Å²) in [6.07, 6.45) is 0.287. The summed E-state index contributed by atoms with van der Waals surface area (Å²) in [5.74, 6) is -3.32. The molecule has 0 aliphatic carbocycles. The van der Waals surface area contributed by atoms with Gasteiger partial charge in [0.1, 0.15) is 0 Å². The van der Waals surface area contributed by atoms with Crippen LogP contribution in [0.5, 0.6) is 0 Å². The minimum atomic E-state index is -0.930. The molecule has 0 aliphatic heterocycles.